The molecule has 2 aliphatic rings. The number of halogens is 1. The van der Waals surface area contributed by atoms with Crippen molar-refractivity contribution in [1.82, 2.24) is 15.1 Å². The summed E-state index contributed by atoms with van der Waals surface area (Å²) in [6, 6.07) is 6.60. The smallest absolute Gasteiger partial charge is 0.317 e. The summed E-state index contributed by atoms with van der Waals surface area (Å²) in [5, 5.41) is 2.93. The zero-order chi connectivity index (χ0) is 19.2. The van der Waals surface area contributed by atoms with Gasteiger partial charge in [0, 0.05) is 39.6 Å². The highest BCUT2D eigenvalue weighted by Gasteiger charge is 2.25. The van der Waals surface area contributed by atoms with Crippen LogP contribution in [0.4, 0.5) is 9.18 Å². The zero-order valence-electron chi connectivity index (χ0n) is 15.8. The molecule has 148 valence electrons. The van der Waals surface area contributed by atoms with E-state index < -0.39 is 0 Å². The number of amides is 3. The summed E-state index contributed by atoms with van der Waals surface area (Å²) in [6.45, 7) is 5.06. The number of carbonyl (C=O) groups is 2. The average Bonchev–Trinajstić information content (AvgIpc) is 2.68. The van der Waals surface area contributed by atoms with Gasteiger partial charge in [-0.05, 0) is 42.9 Å². The highest BCUT2D eigenvalue weighted by molar-refractivity contribution is 5.74. The van der Waals surface area contributed by atoms with Crippen LogP contribution in [0.5, 0.6) is 0 Å². The molecule has 2 heterocycles. The Balaban J connectivity index is 1.38. The number of nitrogens with zero attached hydrogens (tertiary/aromatic N) is 2. The number of piperidine rings is 1. The molecule has 1 atom stereocenters. The van der Waals surface area contributed by atoms with Gasteiger partial charge < -0.3 is 19.9 Å². The second-order valence-corrected chi connectivity index (χ2v) is 7.40. The number of urea groups is 1. The molecule has 2 saturated heterocycles. The summed E-state index contributed by atoms with van der Waals surface area (Å²) in [5.74, 6) is 0.349. The van der Waals surface area contributed by atoms with Gasteiger partial charge >= 0.3 is 6.03 Å². The van der Waals surface area contributed by atoms with E-state index in [9.17, 15) is 14.0 Å². The van der Waals surface area contributed by atoms with Crippen molar-refractivity contribution in [2.24, 2.45) is 5.92 Å². The molecule has 3 amide bonds. The molecule has 27 heavy (non-hydrogen) atoms. The molecule has 0 aliphatic carbocycles. The number of nitrogens with one attached hydrogen (secondary N) is 1. The molecule has 6 nitrogen and oxygen atoms in total. The molecule has 0 unspecified atom stereocenters. The summed E-state index contributed by atoms with van der Waals surface area (Å²) in [6.07, 6.45) is 2.67. The molecule has 1 aromatic carbocycles. The molecule has 7 heteroatoms. The Bertz CT molecular complexity index is 644. The predicted octanol–water partition coefficient (Wildman–Crippen LogP) is 2.04. The van der Waals surface area contributed by atoms with E-state index in [1.807, 2.05) is 17.0 Å². The number of morpholine rings is 1. The summed E-state index contributed by atoms with van der Waals surface area (Å²) in [4.78, 5) is 27.5. The van der Waals surface area contributed by atoms with Crippen molar-refractivity contribution in [3.05, 3.63) is 35.6 Å². The maximum Gasteiger partial charge on any atom is 0.317 e. The number of likely N-dealkylation sites (tertiary alicyclic amines) is 1. The average molecular weight is 377 g/mol. The molecule has 0 spiro atoms. The summed E-state index contributed by atoms with van der Waals surface area (Å²) in [5.41, 5.74) is 1.14. The summed E-state index contributed by atoms with van der Waals surface area (Å²) < 4.78 is 18.6. The van der Waals surface area contributed by atoms with Crippen LogP contribution in [-0.4, -0.2) is 67.2 Å². The van der Waals surface area contributed by atoms with Crippen molar-refractivity contribution >= 4 is 11.9 Å². The van der Waals surface area contributed by atoms with E-state index >= 15 is 0 Å². The number of carbonyl (C=O) groups excluding carboxylic acids is 2. The first-order valence-electron chi connectivity index (χ1n) is 9.65. The van der Waals surface area contributed by atoms with Gasteiger partial charge in [-0.25, -0.2) is 9.18 Å². The van der Waals surface area contributed by atoms with Crippen LogP contribution in [0.1, 0.15) is 25.3 Å². The number of ether oxygens (including phenoxy) is 1. The van der Waals surface area contributed by atoms with Crippen LogP contribution in [0.25, 0.3) is 0 Å². The Morgan fingerprint density at radius 1 is 1.15 bits per heavy atom. The predicted molar refractivity (Wildman–Crippen MR) is 99.8 cm³/mol. The lowest BCUT2D eigenvalue weighted by molar-refractivity contribution is -0.136. The largest absolute Gasteiger partial charge is 0.373 e. The highest BCUT2D eigenvalue weighted by atomic mass is 19.1. The van der Waals surface area contributed by atoms with Gasteiger partial charge in [-0.15, -0.1) is 0 Å². The van der Waals surface area contributed by atoms with Crippen molar-refractivity contribution in [2.45, 2.75) is 32.3 Å². The van der Waals surface area contributed by atoms with Crippen LogP contribution in [-0.2, 0) is 16.0 Å². The van der Waals surface area contributed by atoms with E-state index in [1.165, 1.54) is 12.1 Å². The third-order valence-electron chi connectivity index (χ3n) is 5.40. The lowest BCUT2D eigenvalue weighted by atomic mass is 9.90. The first kappa shape index (κ1) is 19.6. The molecule has 2 fully saturated rings. The second kappa shape index (κ2) is 9.17. The van der Waals surface area contributed by atoms with E-state index in [4.69, 9.17) is 4.74 Å². The van der Waals surface area contributed by atoms with Crippen LogP contribution >= 0.6 is 0 Å². The molecule has 0 aromatic heterocycles. The van der Waals surface area contributed by atoms with Crippen molar-refractivity contribution < 1.29 is 18.7 Å². The standard InChI is InChI=1S/C20H28FN3O3/c1-15(25)24-10-11-27-19(14-24)13-22-20(26)23-8-6-17(7-9-23)12-16-2-4-18(21)5-3-16/h2-5,17,19H,6-14H2,1H3,(H,22,26)/t19-/m1/s1. The van der Waals surface area contributed by atoms with E-state index in [-0.39, 0.29) is 23.9 Å². The first-order valence-corrected chi connectivity index (χ1v) is 9.65. The van der Waals surface area contributed by atoms with E-state index in [2.05, 4.69) is 5.32 Å². The van der Waals surface area contributed by atoms with Crippen LogP contribution in [0.3, 0.4) is 0 Å². The SMILES string of the molecule is CC(=O)N1CCO[C@H](CNC(=O)N2CCC(Cc3ccc(F)cc3)CC2)C1. The van der Waals surface area contributed by atoms with Crippen LogP contribution in [0, 0.1) is 11.7 Å². The van der Waals surface area contributed by atoms with E-state index in [1.54, 1.807) is 11.8 Å². The fraction of sp³-hybridized carbons (Fsp3) is 0.600. The number of hydrogen-bond donors (Lipinski definition) is 1. The Labute approximate surface area is 159 Å². The third-order valence-corrected chi connectivity index (χ3v) is 5.40. The number of hydrogen-bond acceptors (Lipinski definition) is 3. The fourth-order valence-electron chi connectivity index (χ4n) is 3.74. The fourth-order valence-corrected chi connectivity index (χ4v) is 3.74. The number of benzene rings is 1. The zero-order valence-corrected chi connectivity index (χ0v) is 15.8. The number of rotatable bonds is 4. The molecule has 0 bridgehead atoms. The van der Waals surface area contributed by atoms with E-state index in [0.29, 0.717) is 32.2 Å². The van der Waals surface area contributed by atoms with Crippen LogP contribution in [0.2, 0.25) is 0 Å². The highest BCUT2D eigenvalue weighted by Crippen LogP contribution is 2.22. The molecule has 0 saturated carbocycles. The lowest BCUT2D eigenvalue weighted by Gasteiger charge is -2.34. The molecule has 1 N–H and O–H groups in total. The second-order valence-electron chi connectivity index (χ2n) is 7.40. The van der Waals surface area contributed by atoms with Crippen molar-refractivity contribution in [3.8, 4) is 0 Å². The molecule has 1 aromatic rings. The van der Waals surface area contributed by atoms with Crippen molar-refractivity contribution in [1.29, 1.82) is 0 Å². The summed E-state index contributed by atoms with van der Waals surface area (Å²) in [7, 11) is 0. The first-order chi connectivity index (χ1) is 13.0. The molecular formula is C20H28FN3O3. The Morgan fingerprint density at radius 3 is 2.52 bits per heavy atom. The molecule has 0 radical (unpaired) electrons. The van der Waals surface area contributed by atoms with Crippen molar-refractivity contribution in [3.63, 3.8) is 0 Å². The minimum Gasteiger partial charge on any atom is -0.373 e. The monoisotopic (exact) mass is 377 g/mol. The van der Waals surface area contributed by atoms with Gasteiger partial charge in [0.15, 0.2) is 0 Å². The van der Waals surface area contributed by atoms with E-state index in [0.717, 1.165) is 37.9 Å². The van der Waals surface area contributed by atoms with Gasteiger partial charge in [0.2, 0.25) is 5.91 Å². The molecule has 3 rings (SSSR count). The minimum absolute atomic E-state index is 0.0397. The van der Waals surface area contributed by atoms with Crippen molar-refractivity contribution in [2.75, 3.05) is 39.3 Å². The van der Waals surface area contributed by atoms with Gasteiger partial charge in [0.1, 0.15) is 5.82 Å². The van der Waals surface area contributed by atoms with Gasteiger partial charge in [0.25, 0.3) is 0 Å². The Morgan fingerprint density at radius 2 is 1.85 bits per heavy atom. The maximum absolute atomic E-state index is 13.0. The normalized spacial score (nSPS) is 21.2. The van der Waals surface area contributed by atoms with Gasteiger partial charge in [-0.1, -0.05) is 12.1 Å². The molecule has 2 aliphatic heterocycles. The van der Waals surface area contributed by atoms with Crippen LogP contribution < -0.4 is 5.32 Å². The van der Waals surface area contributed by atoms with Gasteiger partial charge in [0.05, 0.1) is 12.7 Å². The Kier molecular flexibility index (Phi) is 6.66. The molecular weight excluding hydrogens is 349 g/mol. The van der Waals surface area contributed by atoms with Crippen LogP contribution in [0.15, 0.2) is 24.3 Å². The Hall–Kier alpha value is -2.15. The summed E-state index contributed by atoms with van der Waals surface area (Å²) >= 11 is 0. The third kappa shape index (κ3) is 5.66. The van der Waals surface area contributed by atoms with Gasteiger partial charge in [-0.3, -0.25) is 4.79 Å². The topological polar surface area (TPSA) is 61.9 Å². The quantitative estimate of drug-likeness (QED) is 0.874. The van der Waals surface area contributed by atoms with Gasteiger partial charge in [-0.2, -0.15) is 0 Å². The maximum atomic E-state index is 13.0. The minimum atomic E-state index is -0.210. The lowest BCUT2D eigenvalue weighted by Crippen LogP contribution is -2.51.